The van der Waals surface area contributed by atoms with Crippen molar-refractivity contribution in [2.24, 2.45) is 0 Å². The number of carbonyl (C=O) groups is 1. The lowest BCUT2D eigenvalue weighted by molar-refractivity contribution is 0.0963. The minimum absolute atomic E-state index is 0.328. The van der Waals surface area contributed by atoms with Gasteiger partial charge < -0.3 is 5.32 Å². The highest BCUT2D eigenvalue weighted by Crippen LogP contribution is 2.17. The van der Waals surface area contributed by atoms with E-state index in [0.717, 1.165) is 0 Å². The maximum Gasteiger partial charge on any atom is 0.254 e. The van der Waals surface area contributed by atoms with E-state index in [1.54, 1.807) is 5.32 Å². The van der Waals surface area contributed by atoms with Gasteiger partial charge in [0.05, 0.1) is 13.3 Å². The van der Waals surface area contributed by atoms with E-state index in [4.69, 9.17) is 30.1 Å². The molecule has 0 spiro atoms. The van der Waals surface area contributed by atoms with Crippen LogP contribution in [0.2, 0.25) is 10.2 Å². The van der Waals surface area contributed by atoms with Gasteiger partial charge in [0.1, 0.15) is 5.15 Å². The Hall–Kier alpha value is -0.800. The summed E-state index contributed by atoms with van der Waals surface area (Å²) in [6.45, 7) is -2.71. The van der Waals surface area contributed by atoms with Gasteiger partial charge in [-0.05, 0) is 6.04 Å². The van der Waals surface area contributed by atoms with Crippen LogP contribution in [0.25, 0.3) is 0 Å². The first kappa shape index (κ1) is 4.44. The van der Waals surface area contributed by atoms with Crippen LogP contribution in [-0.4, -0.2) is 17.9 Å². The van der Waals surface area contributed by atoms with Crippen LogP contribution in [0.15, 0.2) is 12.2 Å². The number of nitrogens with zero attached hydrogens (tertiary/aromatic N) is 1. The predicted molar refractivity (Wildman–Crippen MR) is 47.6 cm³/mol. The van der Waals surface area contributed by atoms with Gasteiger partial charge >= 0.3 is 0 Å². The van der Waals surface area contributed by atoms with Crippen LogP contribution in [-0.2, 0) is 0 Å². The van der Waals surface area contributed by atoms with Crippen molar-refractivity contribution in [2.45, 2.75) is 0 Å². The molecule has 1 aromatic rings. The summed E-state index contributed by atoms with van der Waals surface area (Å²) in [6, 6.07) is -0.431. The molecule has 1 amide bonds. The topological polar surface area (TPSA) is 42.0 Å². The first-order valence-electron chi connectivity index (χ1n) is 5.28. The minimum atomic E-state index is -2.71. The van der Waals surface area contributed by atoms with Gasteiger partial charge in [-0.3, -0.25) is 4.79 Å². The molecule has 0 aliphatic heterocycles. The second-order valence-electron chi connectivity index (χ2n) is 1.78. The number of hydrogen-bond acceptors (Lipinski definition) is 2. The van der Waals surface area contributed by atoms with Gasteiger partial charge in [-0.15, -0.1) is 0 Å². The highest BCUT2D eigenvalue weighted by Gasteiger charge is 2.08. The van der Waals surface area contributed by atoms with E-state index >= 15 is 0 Å². The van der Waals surface area contributed by atoms with Gasteiger partial charge in [-0.25, -0.2) is 4.98 Å². The zero-order chi connectivity index (χ0) is 13.4. The number of carbonyl (C=O) groups excluding carboxylic acids is 1. The van der Waals surface area contributed by atoms with E-state index in [1.807, 2.05) is 0 Å². The van der Waals surface area contributed by atoms with Crippen LogP contribution in [0.3, 0.4) is 0 Å². The summed E-state index contributed by atoms with van der Waals surface area (Å²) in [7, 11) is 0. The van der Waals surface area contributed by atoms with Crippen molar-refractivity contribution in [3.05, 3.63) is 28.0 Å². The molecule has 0 fully saturated rings. The van der Waals surface area contributed by atoms with Crippen LogP contribution in [0, 0.1) is 0 Å². The summed E-state index contributed by atoms with van der Waals surface area (Å²) in [5, 5.41) is 0.920. The van der Waals surface area contributed by atoms with Crippen molar-refractivity contribution in [1.29, 1.82) is 0 Å². The molecular formula is C7H6Cl2N2O. The van der Waals surface area contributed by atoms with E-state index in [0.29, 0.717) is 0 Å². The summed E-state index contributed by atoms with van der Waals surface area (Å²) in [6.07, 6.45) is -0.585. The number of amides is 1. The van der Waals surface area contributed by atoms with Crippen LogP contribution in [0.1, 0.15) is 17.2 Å². The third-order valence-corrected chi connectivity index (χ3v) is 1.50. The molecule has 5 heteroatoms. The highest BCUT2D eigenvalue weighted by atomic mass is 35.5. The molecule has 1 N–H and O–H groups in total. The Kier molecular flexibility index (Phi) is 1.38. The zero-order valence-corrected chi connectivity index (χ0v) is 7.12. The summed E-state index contributed by atoms with van der Waals surface area (Å²) in [5.74, 6) is -1.10. The summed E-state index contributed by atoms with van der Waals surface area (Å²) >= 11 is 11.1. The minimum Gasteiger partial charge on any atom is -0.355 e. The van der Waals surface area contributed by atoms with Crippen molar-refractivity contribution in [3.8, 4) is 0 Å². The Labute approximate surface area is 86.7 Å². The second-order valence-corrected chi connectivity index (χ2v) is 2.52. The van der Waals surface area contributed by atoms with Crippen molar-refractivity contribution in [3.63, 3.8) is 0 Å². The average molecular weight is 210 g/mol. The first-order valence-corrected chi connectivity index (χ1v) is 3.54. The van der Waals surface area contributed by atoms with E-state index in [9.17, 15) is 4.79 Å². The smallest absolute Gasteiger partial charge is 0.254 e. The third-order valence-electron chi connectivity index (χ3n) is 1.04. The SMILES string of the molecule is [2H]c1nc(Cl)c([2H])c(Cl)c1C(=O)NC([2H])([2H])[2H]. The number of halogens is 2. The molecule has 0 aromatic carbocycles. The number of aromatic nitrogens is 1. The maximum absolute atomic E-state index is 11.5. The van der Waals surface area contributed by atoms with Gasteiger partial charge in [0.15, 0.2) is 0 Å². The Bertz CT molecular complexity index is 476. The summed E-state index contributed by atoms with van der Waals surface area (Å²) < 4.78 is 35.3. The van der Waals surface area contributed by atoms with E-state index in [2.05, 4.69) is 4.98 Å². The Morgan fingerprint density at radius 1 is 1.83 bits per heavy atom. The molecule has 0 atom stereocenters. The molecule has 1 heterocycles. The fraction of sp³-hybridized carbons (Fsp3) is 0.143. The van der Waals surface area contributed by atoms with Gasteiger partial charge in [-0.2, -0.15) is 0 Å². The molecule has 0 unspecified atom stereocenters. The van der Waals surface area contributed by atoms with Gasteiger partial charge in [-0.1, -0.05) is 23.2 Å². The molecule has 0 aliphatic rings. The van der Waals surface area contributed by atoms with Crippen molar-refractivity contribution in [2.75, 3.05) is 6.98 Å². The van der Waals surface area contributed by atoms with Crippen LogP contribution >= 0.6 is 23.2 Å². The van der Waals surface area contributed by atoms with Gasteiger partial charge in [0.2, 0.25) is 0 Å². The van der Waals surface area contributed by atoms with Crippen LogP contribution < -0.4 is 5.32 Å². The van der Waals surface area contributed by atoms with Crippen LogP contribution in [0.5, 0.6) is 0 Å². The molecule has 0 radical (unpaired) electrons. The van der Waals surface area contributed by atoms with E-state index < -0.39 is 35.7 Å². The zero-order valence-electron chi connectivity index (χ0n) is 10.6. The average Bonchev–Trinajstić information content (AvgIpc) is 2.11. The predicted octanol–water partition coefficient (Wildman–Crippen LogP) is 1.75. The fourth-order valence-electron chi connectivity index (χ4n) is 0.548. The molecule has 0 bridgehead atoms. The van der Waals surface area contributed by atoms with E-state index in [1.165, 1.54) is 0 Å². The molecule has 64 valence electrons. The standard InChI is InChI=1S/C7H6Cl2N2O/c1-10-7(12)4-3-11-6(9)2-5(4)8/h2-3H,1H3,(H,10,12)/i1D3,2D,3D. The molecule has 12 heavy (non-hydrogen) atoms. The molecule has 0 aliphatic carbocycles. The van der Waals surface area contributed by atoms with Crippen LogP contribution in [0.4, 0.5) is 0 Å². The van der Waals surface area contributed by atoms with Gasteiger partial charge in [0.25, 0.3) is 5.91 Å². The van der Waals surface area contributed by atoms with Crippen molar-refractivity contribution in [1.82, 2.24) is 10.3 Å². The lowest BCUT2D eigenvalue weighted by Crippen LogP contribution is -2.18. The Morgan fingerprint density at radius 3 is 3.25 bits per heavy atom. The second kappa shape index (κ2) is 3.74. The first-order chi connectivity index (χ1) is 7.63. The number of pyridine rings is 1. The molecule has 0 saturated heterocycles. The number of nitrogens with one attached hydrogen (secondary N) is 1. The summed E-state index contributed by atoms with van der Waals surface area (Å²) in [4.78, 5) is 14.9. The molecule has 3 nitrogen and oxygen atoms in total. The lowest BCUT2D eigenvalue weighted by atomic mass is 10.3. The Morgan fingerprint density at radius 2 is 2.58 bits per heavy atom. The largest absolute Gasteiger partial charge is 0.355 e. The van der Waals surface area contributed by atoms with E-state index in [-0.39, 0.29) is 5.15 Å². The van der Waals surface area contributed by atoms with Crippen molar-refractivity contribution < 1.29 is 11.6 Å². The summed E-state index contributed by atoms with van der Waals surface area (Å²) in [5.41, 5.74) is -0.489. The maximum atomic E-state index is 11.5. The van der Waals surface area contributed by atoms with Gasteiger partial charge in [0, 0.05) is 17.3 Å². The lowest BCUT2D eigenvalue weighted by Gasteiger charge is -2.00. The normalized spacial score (nSPS) is 16.7. The van der Waals surface area contributed by atoms with Crippen molar-refractivity contribution >= 4 is 29.1 Å². The number of rotatable bonds is 1. The molecule has 1 rings (SSSR count). The molecule has 1 aromatic heterocycles. The third kappa shape index (κ3) is 1.87. The quantitative estimate of drug-likeness (QED) is 0.717. The Balaban J connectivity index is 3.24. The molecule has 0 saturated carbocycles. The fourth-order valence-corrected chi connectivity index (χ4v) is 0.951. The number of hydrogen-bond donors (Lipinski definition) is 1. The highest BCUT2D eigenvalue weighted by molar-refractivity contribution is 6.36. The monoisotopic (exact) mass is 209 g/mol. The molecular weight excluding hydrogens is 199 g/mol.